The van der Waals surface area contributed by atoms with E-state index < -0.39 is 17.5 Å². The van der Waals surface area contributed by atoms with E-state index in [0.717, 1.165) is 5.56 Å². The highest BCUT2D eigenvalue weighted by Crippen LogP contribution is 2.27. The minimum atomic E-state index is -0.976. The van der Waals surface area contributed by atoms with Gasteiger partial charge in [0, 0.05) is 6.08 Å². The molecule has 24 heavy (non-hydrogen) atoms. The van der Waals surface area contributed by atoms with Crippen molar-refractivity contribution in [1.82, 2.24) is 9.55 Å². The van der Waals surface area contributed by atoms with Crippen LogP contribution in [0.2, 0.25) is 0 Å². The van der Waals surface area contributed by atoms with Crippen LogP contribution in [0.15, 0.2) is 42.7 Å². The summed E-state index contributed by atoms with van der Waals surface area (Å²) in [7, 11) is 0. The van der Waals surface area contributed by atoms with E-state index in [1.807, 2.05) is 37.3 Å². The Morgan fingerprint density at radius 2 is 2.21 bits per heavy atom. The van der Waals surface area contributed by atoms with Gasteiger partial charge in [-0.3, -0.25) is 0 Å². The highest BCUT2D eigenvalue weighted by atomic mass is 32.1. The summed E-state index contributed by atoms with van der Waals surface area (Å²) >= 11 is 4.67. The van der Waals surface area contributed by atoms with Gasteiger partial charge in [-0.15, -0.1) is 0 Å². The first-order valence-electron chi connectivity index (χ1n) is 7.37. The van der Waals surface area contributed by atoms with Gasteiger partial charge in [-0.1, -0.05) is 30.3 Å². The summed E-state index contributed by atoms with van der Waals surface area (Å²) in [5, 5.41) is 2.42. The van der Waals surface area contributed by atoms with E-state index in [4.69, 9.17) is 9.47 Å². The Kier molecular flexibility index (Phi) is 4.57. The number of carbonyl (C=O) groups excluding carboxylic acids is 1. The Hall–Kier alpha value is -2.34. The normalized spacial score (nSPS) is 16.6. The van der Waals surface area contributed by atoms with E-state index in [0.29, 0.717) is 0 Å². The van der Waals surface area contributed by atoms with Crippen LogP contribution in [0.3, 0.4) is 0 Å². The Bertz CT molecular complexity index is 795. The monoisotopic (exact) mass is 346 g/mol. The average molecular weight is 346 g/mol. The minimum Gasteiger partial charge on any atom is -0.444 e. The van der Waals surface area contributed by atoms with Crippen LogP contribution in [0, 0.1) is 5.95 Å². The first-order chi connectivity index (χ1) is 11.6. The molecule has 1 saturated heterocycles. The summed E-state index contributed by atoms with van der Waals surface area (Å²) in [6, 6.07) is 9.16. The highest BCUT2D eigenvalue weighted by molar-refractivity contribution is 7.78. The number of imidazole rings is 1. The molecule has 1 fully saturated rings. The third-order valence-corrected chi connectivity index (χ3v) is 4.07. The van der Waals surface area contributed by atoms with Gasteiger partial charge in [0.2, 0.25) is 5.95 Å². The van der Waals surface area contributed by atoms with Gasteiger partial charge in [0.25, 0.3) is 0 Å². The van der Waals surface area contributed by atoms with Crippen LogP contribution in [-0.4, -0.2) is 39.4 Å². The Labute approximate surface area is 143 Å². The fourth-order valence-electron chi connectivity index (χ4n) is 2.53. The number of thiocarbonyl (C=S) groups is 1. The lowest BCUT2D eigenvalue weighted by Gasteiger charge is -2.37. The summed E-state index contributed by atoms with van der Waals surface area (Å²) in [6.45, 7) is 2.20. The molecule has 1 aromatic heterocycles. The molecule has 1 aliphatic heterocycles. The first-order valence-corrected chi connectivity index (χ1v) is 7.77. The second-order valence-electron chi connectivity index (χ2n) is 5.59. The number of hydrogen-bond acceptors (Lipinski definition) is 5. The van der Waals surface area contributed by atoms with Crippen molar-refractivity contribution in [3.05, 3.63) is 59.9 Å². The van der Waals surface area contributed by atoms with Gasteiger partial charge < -0.3 is 14.0 Å². The van der Waals surface area contributed by atoms with Crippen molar-refractivity contribution in [2.45, 2.75) is 18.6 Å². The van der Waals surface area contributed by atoms with Crippen molar-refractivity contribution in [2.24, 2.45) is 0 Å². The van der Waals surface area contributed by atoms with Crippen molar-refractivity contribution in [3.8, 4) is 0 Å². The summed E-state index contributed by atoms with van der Waals surface area (Å²) < 4.78 is 26.1. The maximum atomic E-state index is 14.1. The first kappa shape index (κ1) is 16.5. The SMILES string of the molecule is C[C@H](c1ccccc1)n1cnc(F)c1C(=O)OC1(C=C=S)COC1. The molecule has 0 spiro atoms. The van der Waals surface area contributed by atoms with E-state index in [9.17, 15) is 9.18 Å². The summed E-state index contributed by atoms with van der Waals surface area (Å²) in [4.78, 5) is 16.1. The highest BCUT2D eigenvalue weighted by Gasteiger charge is 2.42. The topological polar surface area (TPSA) is 53.4 Å². The summed E-state index contributed by atoms with van der Waals surface area (Å²) in [6.07, 6.45) is 2.74. The smallest absolute Gasteiger partial charge is 0.360 e. The molecule has 0 N–H and O–H groups in total. The van der Waals surface area contributed by atoms with E-state index >= 15 is 0 Å². The zero-order chi connectivity index (χ0) is 17.2. The third-order valence-electron chi connectivity index (χ3n) is 3.95. The van der Waals surface area contributed by atoms with E-state index in [2.05, 4.69) is 22.2 Å². The van der Waals surface area contributed by atoms with Crippen molar-refractivity contribution < 1.29 is 18.7 Å². The third kappa shape index (κ3) is 3.01. The van der Waals surface area contributed by atoms with Crippen LogP contribution in [0.1, 0.15) is 29.0 Å². The molecule has 2 aromatic rings. The molecule has 2 heterocycles. The molecular formula is C17H15FN2O3S. The number of halogens is 1. The Morgan fingerprint density at radius 1 is 1.50 bits per heavy atom. The van der Waals surface area contributed by atoms with Gasteiger partial charge in [0.15, 0.2) is 11.3 Å². The van der Waals surface area contributed by atoms with Gasteiger partial charge >= 0.3 is 5.97 Å². The van der Waals surface area contributed by atoms with Crippen molar-refractivity contribution in [3.63, 3.8) is 0 Å². The van der Waals surface area contributed by atoms with E-state index in [1.54, 1.807) is 0 Å². The molecule has 1 aromatic carbocycles. The van der Waals surface area contributed by atoms with Gasteiger partial charge in [0.1, 0.15) is 0 Å². The van der Waals surface area contributed by atoms with Gasteiger partial charge in [-0.05, 0) is 29.7 Å². The Morgan fingerprint density at radius 3 is 2.79 bits per heavy atom. The standard InChI is InChI=1S/C17H15FN2O3S/c1-12(13-5-3-2-4-6-13)20-11-19-15(18)14(20)16(21)23-17(7-8-24)9-22-10-17/h2-7,11-12H,9-10H2,1H3/t12-/m1/s1. The maximum absolute atomic E-state index is 14.1. The lowest BCUT2D eigenvalue weighted by molar-refractivity contribution is -0.151. The number of benzene rings is 1. The predicted molar refractivity (Wildman–Crippen MR) is 88.6 cm³/mol. The zero-order valence-corrected chi connectivity index (χ0v) is 13.8. The molecule has 0 aliphatic carbocycles. The molecule has 124 valence electrons. The fraction of sp³-hybridized carbons (Fsp3) is 0.294. The molecule has 0 unspecified atom stereocenters. The van der Waals surface area contributed by atoms with Gasteiger partial charge in [-0.2, -0.15) is 4.39 Å². The average Bonchev–Trinajstić information content (AvgIpc) is 2.94. The maximum Gasteiger partial charge on any atom is 0.360 e. The lowest BCUT2D eigenvalue weighted by atomic mass is 10.0. The predicted octanol–water partition coefficient (Wildman–Crippen LogP) is 2.71. The van der Waals surface area contributed by atoms with Crippen LogP contribution in [0.25, 0.3) is 0 Å². The van der Waals surface area contributed by atoms with Crippen LogP contribution in [-0.2, 0) is 9.47 Å². The van der Waals surface area contributed by atoms with Crippen LogP contribution >= 0.6 is 12.2 Å². The lowest BCUT2D eigenvalue weighted by Crippen LogP contribution is -2.51. The molecule has 0 amide bonds. The number of hydrogen-bond donors (Lipinski definition) is 0. The second-order valence-corrected chi connectivity index (χ2v) is 5.82. The largest absolute Gasteiger partial charge is 0.444 e. The number of rotatable bonds is 5. The van der Waals surface area contributed by atoms with Crippen LogP contribution < -0.4 is 0 Å². The van der Waals surface area contributed by atoms with Crippen molar-refractivity contribution in [2.75, 3.05) is 13.2 Å². The zero-order valence-electron chi connectivity index (χ0n) is 12.9. The number of carbonyl (C=O) groups is 1. The van der Waals surface area contributed by atoms with Gasteiger partial charge in [-0.25, -0.2) is 9.78 Å². The van der Waals surface area contributed by atoms with E-state index in [-0.39, 0.29) is 24.9 Å². The second kappa shape index (κ2) is 6.65. The molecule has 7 heteroatoms. The molecule has 5 nitrogen and oxygen atoms in total. The Balaban J connectivity index is 1.90. The fourth-order valence-corrected chi connectivity index (χ4v) is 2.74. The summed E-state index contributed by atoms with van der Waals surface area (Å²) in [5.74, 6) is -1.68. The molecule has 0 bridgehead atoms. The molecule has 1 aliphatic rings. The number of nitrogens with zero attached hydrogens (tertiary/aromatic N) is 2. The molecular weight excluding hydrogens is 331 g/mol. The van der Waals surface area contributed by atoms with Crippen molar-refractivity contribution in [1.29, 1.82) is 0 Å². The molecule has 0 saturated carbocycles. The van der Waals surface area contributed by atoms with E-state index in [1.165, 1.54) is 17.0 Å². The quantitative estimate of drug-likeness (QED) is 0.615. The number of esters is 1. The number of aromatic nitrogens is 2. The van der Waals surface area contributed by atoms with Crippen LogP contribution in [0.5, 0.6) is 0 Å². The molecule has 1 atom stereocenters. The minimum absolute atomic E-state index is 0.173. The molecule has 3 rings (SSSR count). The number of ether oxygens (including phenoxy) is 2. The van der Waals surface area contributed by atoms with Crippen molar-refractivity contribution >= 4 is 23.2 Å². The van der Waals surface area contributed by atoms with Crippen LogP contribution in [0.4, 0.5) is 4.39 Å². The van der Waals surface area contributed by atoms with Gasteiger partial charge in [0.05, 0.1) is 25.6 Å². The molecule has 0 radical (unpaired) electrons. The summed E-state index contributed by atoms with van der Waals surface area (Å²) in [5.41, 5.74) is -0.282.